The second-order valence-electron chi connectivity index (χ2n) is 5.11. The van der Waals surface area contributed by atoms with Crippen LogP contribution in [0.4, 0.5) is 4.39 Å². The first-order valence-electron chi connectivity index (χ1n) is 6.17. The molecule has 2 rings (SSSR count). The van der Waals surface area contributed by atoms with E-state index in [1.165, 1.54) is 24.5 Å². The van der Waals surface area contributed by atoms with Gasteiger partial charge in [0.15, 0.2) is 0 Å². The SMILES string of the molecule is Cc1cc(F)ccc1CNCC1(CCCl)CC1. The third-order valence-corrected chi connectivity index (χ3v) is 3.89. The largest absolute Gasteiger partial charge is 0.312 e. The van der Waals surface area contributed by atoms with Gasteiger partial charge in [0, 0.05) is 19.0 Å². The van der Waals surface area contributed by atoms with Gasteiger partial charge in [-0.15, -0.1) is 11.6 Å². The van der Waals surface area contributed by atoms with Gasteiger partial charge >= 0.3 is 0 Å². The Hall–Kier alpha value is -0.600. The molecule has 1 N–H and O–H groups in total. The normalized spacial score (nSPS) is 17.1. The Bertz CT molecular complexity index is 388. The maximum absolute atomic E-state index is 12.9. The highest BCUT2D eigenvalue weighted by molar-refractivity contribution is 6.17. The molecule has 0 amide bonds. The van der Waals surface area contributed by atoms with Gasteiger partial charge in [-0.05, 0) is 54.9 Å². The van der Waals surface area contributed by atoms with Crippen LogP contribution in [0.25, 0.3) is 0 Å². The minimum absolute atomic E-state index is 0.160. The van der Waals surface area contributed by atoms with E-state index in [2.05, 4.69) is 5.32 Å². The molecule has 1 aromatic carbocycles. The molecular formula is C14H19ClFN. The number of hydrogen-bond acceptors (Lipinski definition) is 1. The summed E-state index contributed by atoms with van der Waals surface area (Å²) in [6.07, 6.45) is 3.67. The zero-order chi connectivity index (χ0) is 12.3. The summed E-state index contributed by atoms with van der Waals surface area (Å²) in [6.45, 7) is 3.79. The van der Waals surface area contributed by atoms with Crippen LogP contribution in [0.1, 0.15) is 30.4 Å². The van der Waals surface area contributed by atoms with Crippen molar-refractivity contribution in [3.8, 4) is 0 Å². The van der Waals surface area contributed by atoms with Crippen molar-refractivity contribution in [2.75, 3.05) is 12.4 Å². The molecular weight excluding hydrogens is 237 g/mol. The molecule has 1 fully saturated rings. The summed E-state index contributed by atoms with van der Waals surface area (Å²) in [5.74, 6) is 0.587. The van der Waals surface area contributed by atoms with Gasteiger partial charge in [-0.1, -0.05) is 6.07 Å². The fourth-order valence-corrected chi connectivity index (χ4v) is 2.61. The lowest BCUT2D eigenvalue weighted by molar-refractivity contribution is 0.445. The van der Waals surface area contributed by atoms with Crippen LogP contribution < -0.4 is 5.32 Å². The second-order valence-corrected chi connectivity index (χ2v) is 5.49. The van der Waals surface area contributed by atoms with Crippen LogP contribution in [0.2, 0.25) is 0 Å². The van der Waals surface area contributed by atoms with E-state index in [0.29, 0.717) is 5.41 Å². The predicted molar refractivity (Wildman–Crippen MR) is 69.8 cm³/mol. The molecule has 0 radical (unpaired) electrons. The van der Waals surface area contributed by atoms with Crippen LogP contribution in [0.5, 0.6) is 0 Å². The van der Waals surface area contributed by atoms with Gasteiger partial charge in [0.2, 0.25) is 0 Å². The van der Waals surface area contributed by atoms with Gasteiger partial charge in [-0.2, -0.15) is 0 Å². The van der Waals surface area contributed by atoms with E-state index in [1.807, 2.05) is 13.0 Å². The molecule has 1 aliphatic carbocycles. The van der Waals surface area contributed by atoms with Crippen molar-refractivity contribution in [3.63, 3.8) is 0 Å². The number of aryl methyl sites for hydroxylation is 1. The third kappa shape index (κ3) is 3.43. The molecule has 1 aromatic rings. The Morgan fingerprint density at radius 3 is 2.76 bits per heavy atom. The van der Waals surface area contributed by atoms with Gasteiger partial charge in [-0.25, -0.2) is 4.39 Å². The Morgan fingerprint density at radius 2 is 2.18 bits per heavy atom. The molecule has 1 nitrogen and oxygen atoms in total. The minimum atomic E-state index is -0.160. The van der Waals surface area contributed by atoms with E-state index >= 15 is 0 Å². The number of hydrogen-bond donors (Lipinski definition) is 1. The van der Waals surface area contributed by atoms with Crippen molar-refractivity contribution in [1.29, 1.82) is 0 Å². The number of rotatable bonds is 6. The number of alkyl halides is 1. The monoisotopic (exact) mass is 255 g/mol. The molecule has 0 saturated heterocycles. The molecule has 0 heterocycles. The maximum atomic E-state index is 12.9. The van der Waals surface area contributed by atoms with E-state index in [9.17, 15) is 4.39 Å². The average molecular weight is 256 g/mol. The first-order chi connectivity index (χ1) is 8.15. The Labute approximate surface area is 107 Å². The molecule has 0 unspecified atom stereocenters. The first kappa shape index (κ1) is 12.8. The quantitative estimate of drug-likeness (QED) is 0.766. The lowest BCUT2D eigenvalue weighted by Gasteiger charge is -2.15. The van der Waals surface area contributed by atoms with E-state index in [4.69, 9.17) is 11.6 Å². The standard InChI is InChI=1S/C14H19ClFN/c1-11-8-13(16)3-2-12(11)9-17-10-14(4-5-14)6-7-15/h2-3,8,17H,4-7,9-10H2,1H3. The van der Waals surface area contributed by atoms with Crippen LogP contribution in [0.15, 0.2) is 18.2 Å². The molecule has 3 heteroatoms. The van der Waals surface area contributed by atoms with E-state index < -0.39 is 0 Å². The number of nitrogens with one attached hydrogen (secondary N) is 1. The second kappa shape index (κ2) is 5.36. The van der Waals surface area contributed by atoms with Crippen LogP contribution in [0.3, 0.4) is 0 Å². The highest BCUT2D eigenvalue weighted by atomic mass is 35.5. The summed E-state index contributed by atoms with van der Waals surface area (Å²) < 4.78 is 12.9. The summed E-state index contributed by atoms with van der Waals surface area (Å²) in [6, 6.07) is 4.97. The Morgan fingerprint density at radius 1 is 1.41 bits per heavy atom. The van der Waals surface area contributed by atoms with Crippen molar-refractivity contribution in [2.24, 2.45) is 5.41 Å². The molecule has 0 aromatic heterocycles. The van der Waals surface area contributed by atoms with Crippen molar-refractivity contribution in [3.05, 3.63) is 35.1 Å². The summed E-state index contributed by atoms with van der Waals surface area (Å²) in [4.78, 5) is 0. The van der Waals surface area contributed by atoms with E-state index in [1.54, 1.807) is 6.07 Å². The summed E-state index contributed by atoms with van der Waals surface area (Å²) in [5.41, 5.74) is 2.64. The van der Waals surface area contributed by atoms with Gasteiger partial charge in [0.05, 0.1) is 0 Å². The van der Waals surface area contributed by atoms with Crippen molar-refractivity contribution in [2.45, 2.75) is 32.7 Å². The fourth-order valence-electron chi connectivity index (χ4n) is 2.21. The van der Waals surface area contributed by atoms with Gasteiger partial charge in [-0.3, -0.25) is 0 Å². The number of benzene rings is 1. The minimum Gasteiger partial charge on any atom is -0.312 e. The van der Waals surface area contributed by atoms with Crippen LogP contribution in [0, 0.1) is 18.2 Å². The molecule has 17 heavy (non-hydrogen) atoms. The van der Waals surface area contributed by atoms with Gasteiger partial charge in [0.1, 0.15) is 5.82 Å². The van der Waals surface area contributed by atoms with Crippen molar-refractivity contribution < 1.29 is 4.39 Å². The number of halogens is 2. The smallest absolute Gasteiger partial charge is 0.123 e. The lowest BCUT2D eigenvalue weighted by Crippen LogP contribution is -2.24. The molecule has 0 atom stereocenters. The van der Waals surface area contributed by atoms with Crippen molar-refractivity contribution >= 4 is 11.6 Å². The van der Waals surface area contributed by atoms with Crippen LogP contribution in [-0.4, -0.2) is 12.4 Å². The van der Waals surface area contributed by atoms with Gasteiger partial charge < -0.3 is 5.32 Å². The van der Waals surface area contributed by atoms with Crippen LogP contribution >= 0.6 is 11.6 Å². The predicted octanol–water partition coefficient (Wildman–Crippen LogP) is 3.63. The zero-order valence-corrected chi connectivity index (χ0v) is 11.0. The molecule has 0 bridgehead atoms. The van der Waals surface area contributed by atoms with E-state index in [0.717, 1.165) is 31.0 Å². The fraction of sp³-hybridized carbons (Fsp3) is 0.571. The third-order valence-electron chi connectivity index (χ3n) is 3.70. The Balaban J connectivity index is 1.82. The van der Waals surface area contributed by atoms with Crippen molar-refractivity contribution in [1.82, 2.24) is 5.32 Å². The maximum Gasteiger partial charge on any atom is 0.123 e. The lowest BCUT2D eigenvalue weighted by atomic mass is 10.0. The topological polar surface area (TPSA) is 12.0 Å². The average Bonchev–Trinajstić information content (AvgIpc) is 3.02. The Kier molecular flexibility index (Phi) is 4.05. The molecule has 1 aliphatic rings. The molecule has 0 aliphatic heterocycles. The summed E-state index contributed by atoms with van der Waals surface area (Å²) in [5, 5.41) is 3.47. The molecule has 1 saturated carbocycles. The van der Waals surface area contributed by atoms with E-state index in [-0.39, 0.29) is 5.82 Å². The zero-order valence-electron chi connectivity index (χ0n) is 10.2. The first-order valence-corrected chi connectivity index (χ1v) is 6.70. The molecule has 94 valence electrons. The van der Waals surface area contributed by atoms with Gasteiger partial charge in [0.25, 0.3) is 0 Å². The molecule has 0 spiro atoms. The summed E-state index contributed by atoms with van der Waals surface area (Å²) in [7, 11) is 0. The summed E-state index contributed by atoms with van der Waals surface area (Å²) >= 11 is 5.80. The highest BCUT2D eigenvalue weighted by Crippen LogP contribution is 2.48. The van der Waals surface area contributed by atoms with Crippen LogP contribution in [-0.2, 0) is 6.54 Å². The highest BCUT2D eigenvalue weighted by Gasteiger charge is 2.40.